The Balaban J connectivity index is 2.67. The third kappa shape index (κ3) is 2.35. The molecule has 1 unspecified atom stereocenters. The average Bonchev–Trinajstić information content (AvgIpc) is 2.40. The molecule has 1 atom stereocenters. The van der Waals surface area contributed by atoms with Gasteiger partial charge in [-0.25, -0.2) is 4.39 Å². The predicted molar refractivity (Wildman–Crippen MR) is 69.1 cm³/mol. The molecule has 0 saturated carbocycles. The van der Waals surface area contributed by atoms with Crippen molar-refractivity contribution >= 4 is 28.2 Å². The summed E-state index contributed by atoms with van der Waals surface area (Å²) in [5, 5.41) is 22.3. The number of nitrogens with zero attached hydrogens (tertiary/aromatic N) is 2. The summed E-state index contributed by atoms with van der Waals surface area (Å²) in [6.07, 6.45) is 1.35. The number of benzene rings is 1. The molecule has 2 aromatic rings. The maximum absolute atomic E-state index is 14.0. The van der Waals surface area contributed by atoms with Crippen molar-refractivity contribution in [1.82, 2.24) is 4.98 Å². The summed E-state index contributed by atoms with van der Waals surface area (Å²) in [4.78, 5) is 24.9. The number of carbonyl (C=O) groups is 1. The number of halogens is 1. The van der Waals surface area contributed by atoms with Crippen molar-refractivity contribution in [3.05, 3.63) is 40.3 Å². The summed E-state index contributed by atoms with van der Waals surface area (Å²) in [6.45, 7) is 1.33. The molecule has 0 bridgehead atoms. The van der Waals surface area contributed by atoms with Gasteiger partial charge in [0.05, 0.1) is 22.1 Å². The molecule has 0 aliphatic rings. The van der Waals surface area contributed by atoms with E-state index < -0.39 is 28.4 Å². The number of pyridine rings is 1. The lowest BCUT2D eigenvalue weighted by molar-refractivity contribution is -0.383. The van der Waals surface area contributed by atoms with E-state index in [1.165, 1.54) is 25.3 Å². The first-order chi connectivity index (χ1) is 9.41. The maximum Gasteiger partial charge on any atom is 0.325 e. The molecule has 1 aromatic heterocycles. The lowest BCUT2D eigenvalue weighted by atomic mass is 10.1. The lowest BCUT2D eigenvalue weighted by Gasteiger charge is -2.13. The number of aromatic nitrogens is 1. The topological polar surface area (TPSA) is 105 Å². The number of fused-ring (bicyclic) bond motifs is 1. The van der Waals surface area contributed by atoms with Gasteiger partial charge in [-0.2, -0.15) is 0 Å². The molecule has 8 heteroatoms. The number of carboxylic acid groups (broad SMARTS) is 1. The number of nitro groups is 1. The van der Waals surface area contributed by atoms with Crippen LogP contribution in [0.4, 0.5) is 15.8 Å². The number of anilines is 1. The van der Waals surface area contributed by atoms with Gasteiger partial charge in [-0.05, 0) is 19.1 Å². The highest BCUT2D eigenvalue weighted by Gasteiger charge is 2.22. The van der Waals surface area contributed by atoms with Crippen LogP contribution in [0.1, 0.15) is 6.92 Å². The second kappa shape index (κ2) is 5.08. The van der Waals surface area contributed by atoms with Crippen LogP contribution in [0, 0.1) is 15.9 Å². The zero-order valence-corrected chi connectivity index (χ0v) is 10.3. The Morgan fingerprint density at radius 3 is 2.90 bits per heavy atom. The zero-order valence-electron chi connectivity index (χ0n) is 10.3. The largest absolute Gasteiger partial charge is 0.480 e. The van der Waals surface area contributed by atoms with Gasteiger partial charge in [-0.15, -0.1) is 0 Å². The van der Waals surface area contributed by atoms with Gasteiger partial charge in [-0.3, -0.25) is 19.9 Å². The standard InChI is InChI=1S/C12H10FN3O4/c1-6(12(17)18)15-11-8(13)5-9(16(19)20)7-3-2-4-14-10(7)11/h2-6,15H,1H3,(H,17,18). The van der Waals surface area contributed by atoms with E-state index in [0.717, 1.165) is 6.07 Å². The Labute approximate surface area is 112 Å². The summed E-state index contributed by atoms with van der Waals surface area (Å²) < 4.78 is 14.0. The molecule has 0 spiro atoms. The normalized spacial score (nSPS) is 12.1. The molecular weight excluding hydrogens is 269 g/mol. The van der Waals surface area contributed by atoms with Crippen molar-refractivity contribution in [2.45, 2.75) is 13.0 Å². The number of aliphatic carboxylic acids is 1. The summed E-state index contributed by atoms with van der Waals surface area (Å²) in [6, 6.07) is 2.60. The molecule has 1 heterocycles. The summed E-state index contributed by atoms with van der Waals surface area (Å²) in [7, 11) is 0. The highest BCUT2D eigenvalue weighted by molar-refractivity contribution is 5.98. The van der Waals surface area contributed by atoms with Gasteiger partial charge in [0.1, 0.15) is 11.6 Å². The number of carboxylic acids is 1. The van der Waals surface area contributed by atoms with Crippen LogP contribution >= 0.6 is 0 Å². The van der Waals surface area contributed by atoms with Gasteiger partial charge in [0.2, 0.25) is 0 Å². The lowest BCUT2D eigenvalue weighted by Crippen LogP contribution is -2.26. The first-order valence-corrected chi connectivity index (χ1v) is 5.62. The smallest absolute Gasteiger partial charge is 0.325 e. The van der Waals surface area contributed by atoms with E-state index in [2.05, 4.69) is 10.3 Å². The van der Waals surface area contributed by atoms with Crippen molar-refractivity contribution in [1.29, 1.82) is 0 Å². The number of hydrogen-bond donors (Lipinski definition) is 2. The van der Waals surface area contributed by atoms with E-state index in [9.17, 15) is 19.3 Å². The molecule has 2 rings (SSSR count). The SMILES string of the molecule is CC(Nc1c(F)cc([N+](=O)[O-])c2cccnc12)C(=O)O. The summed E-state index contributed by atoms with van der Waals surface area (Å²) in [5.41, 5.74) is -0.562. The third-order valence-electron chi connectivity index (χ3n) is 2.75. The van der Waals surface area contributed by atoms with Gasteiger partial charge in [0.15, 0.2) is 5.82 Å². The van der Waals surface area contributed by atoms with E-state index >= 15 is 0 Å². The highest BCUT2D eigenvalue weighted by atomic mass is 19.1. The van der Waals surface area contributed by atoms with Crippen LogP contribution in [0.15, 0.2) is 24.4 Å². The number of nitrogens with one attached hydrogen (secondary N) is 1. The molecule has 0 amide bonds. The predicted octanol–water partition coefficient (Wildman–Crippen LogP) is 2.17. The number of rotatable bonds is 4. The fourth-order valence-electron chi connectivity index (χ4n) is 1.76. The van der Waals surface area contributed by atoms with Crippen LogP contribution in [0.25, 0.3) is 10.9 Å². The first-order valence-electron chi connectivity index (χ1n) is 5.62. The average molecular weight is 279 g/mol. The molecule has 2 N–H and O–H groups in total. The highest BCUT2D eigenvalue weighted by Crippen LogP contribution is 2.32. The molecule has 0 aliphatic carbocycles. The molecule has 20 heavy (non-hydrogen) atoms. The number of hydrogen-bond acceptors (Lipinski definition) is 5. The maximum atomic E-state index is 14.0. The Morgan fingerprint density at radius 2 is 2.30 bits per heavy atom. The van der Waals surface area contributed by atoms with Gasteiger partial charge < -0.3 is 10.4 Å². The van der Waals surface area contributed by atoms with Gasteiger partial charge >= 0.3 is 5.97 Å². The Hall–Kier alpha value is -2.77. The second-order valence-corrected chi connectivity index (χ2v) is 4.11. The van der Waals surface area contributed by atoms with Crippen LogP contribution in [0.2, 0.25) is 0 Å². The molecule has 0 saturated heterocycles. The van der Waals surface area contributed by atoms with Crippen LogP contribution in [-0.2, 0) is 4.79 Å². The van der Waals surface area contributed by atoms with Gasteiger partial charge in [-0.1, -0.05) is 0 Å². The van der Waals surface area contributed by atoms with Crippen molar-refractivity contribution in [2.24, 2.45) is 0 Å². The minimum atomic E-state index is -1.17. The Morgan fingerprint density at radius 1 is 1.60 bits per heavy atom. The zero-order chi connectivity index (χ0) is 14.9. The Kier molecular flexibility index (Phi) is 3.47. The fourth-order valence-corrected chi connectivity index (χ4v) is 1.76. The van der Waals surface area contributed by atoms with E-state index in [1.807, 2.05) is 0 Å². The van der Waals surface area contributed by atoms with Crippen molar-refractivity contribution < 1.29 is 19.2 Å². The molecular formula is C12H10FN3O4. The van der Waals surface area contributed by atoms with Crippen LogP contribution in [0.5, 0.6) is 0 Å². The summed E-state index contributed by atoms with van der Waals surface area (Å²) in [5.74, 6) is -2.09. The van der Waals surface area contributed by atoms with E-state index in [-0.39, 0.29) is 16.6 Å². The molecule has 104 valence electrons. The van der Waals surface area contributed by atoms with Crippen molar-refractivity contribution in [3.8, 4) is 0 Å². The molecule has 0 radical (unpaired) electrons. The molecule has 0 fully saturated rings. The van der Waals surface area contributed by atoms with Crippen LogP contribution < -0.4 is 5.32 Å². The van der Waals surface area contributed by atoms with E-state index in [1.54, 1.807) is 0 Å². The van der Waals surface area contributed by atoms with E-state index in [4.69, 9.17) is 5.11 Å². The van der Waals surface area contributed by atoms with E-state index in [0.29, 0.717) is 0 Å². The minimum Gasteiger partial charge on any atom is -0.480 e. The molecule has 7 nitrogen and oxygen atoms in total. The number of non-ortho nitro benzene ring substituents is 1. The first kappa shape index (κ1) is 13.7. The third-order valence-corrected chi connectivity index (χ3v) is 2.75. The second-order valence-electron chi connectivity index (χ2n) is 4.11. The minimum absolute atomic E-state index is 0.0206. The fraction of sp³-hybridized carbons (Fsp3) is 0.167. The quantitative estimate of drug-likeness (QED) is 0.656. The number of nitro benzene ring substituents is 1. The van der Waals surface area contributed by atoms with Gasteiger partial charge in [0, 0.05) is 6.20 Å². The Bertz CT molecular complexity index is 704. The van der Waals surface area contributed by atoms with Crippen molar-refractivity contribution in [3.63, 3.8) is 0 Å². The van der Waals surface area contributed by atoms with Crippen LogP contribution in [0.3, 0.4) is 0 Å². The van der Waals surface area contributed by atoms with Crippen LogP contribution in [-0.4, -0.2) is 27.0 Å². The summed E-state index contributed by atoms with van der Waals surface area (Å²) >= 11 is 0. The van der Waals surface area contributed by atoms with Crippen molar-refractivity contribution in [2.75, 3.05) is 5.32 Å². The molecule has 0 aliphatic heterocycles. The molecule has 1 aromatic carbocycles. The monoisotopic (exact) mass is 279 g/mol. The van der Waals surface area contributed by atoms with Gasteiger partial charge in [0.25, 0.3) is 5.69 Å².